The topological polar surface area (TPSA) is 4.36 Å². The van der Waals surface area contributed by atoms with Crippen LogP contribution in [0.25, 0.3) is 4.51 Å². The van der Waals surface area contributed by atoms with E-state index < -0.39 is 215 Å². The van der Waals surface area contributed by atoms with Crippen LogP contribution in [0.5, 0.6) is 0 Å². The summed E-state index contributed by atoms with van der Waals surface area (Å²) >= 11 is 0. The Morgan fingerprint density at radius 2 is 0.466 bits per heavy atom. The van der Waals surface area contributed by atoms with E-state index in [1.807, 2.05) is 54.6 Å². The van der Waals surface area contributed by atoms with Crippen molar-refractivity contribution in [1.82, 2.24) is 0 Å². The molecule has 8 aromatic carbocycles. The van der Waals surface area contributed by atoms with E-state index in [-0.39, 0.29) is 19.5 Å². The molecule has 0 N–H and O–H groups in total. The number of alkyl halides is 27. The minimum atomic E-state index is -6.13. The van der Waals surface area contributed by atoms with E-state index in [0.29, 0.717) is 7.92 Å². The Bertz CT molecular complexity index is 3500. The zero-order chi connectivity index (χ0) is 77.5. The van der Waals surface area contributed by atoms with Crippen molar-refractivity contribution >= 4 is 59.7 Å². The van der Waals surface area contributed by atoms with Gasteiger partial charge in [-0.15, -0.1) is 7.92 Å². The summed E-state index contributed by atoms with van der Waals surface area (Å²) in [6.45, 7) is 26.7. The average Bonchev–Trinajstić information content (AvgIpc) is 1.36. The maximum atomic E-state index is 14.2. The van der Waals surface area contributed by atoms with Crippen molar-refractivity contribution in [1.29, 1.82) is 0 Å². The van der Waals surface area contributed by atoms with Crippen LogP contribution in [-0.2, 0) is 75.1 Å². The van der Waals surface area contributed by atoms with Gasteiger partial charge in [-0.1, -0.05) is 180 Å². The molecule has 1 saturated carbocycles. The van der Waals surface area contributed by atoms with E-state index in [9.17, 15) is 119 Å². The number of rotatable bonds is 7. The van der Waals surface area contributed by atoms with E-state index in [4.69, 9.17) is 6.57 Å². The van der Waals surface area contributed by atoms with E-state index >= 15 is 0 Å². The molecular formula is C71H60BF27NPRhSi+. The molecule has 8 aromatic rings. The quantitative estimate of drug-likeness (QED) is 0.0492. The first-order chi connectivity index (χ1) is 46.5. The summed E-state index contributed by atoms with van der Waals surface area (Å²) in [6.07, 6.45) is -59.0. The van der Waals surface area contributed by atoms with Crippen LogP contribution in [-0.4, -0.2) is 34.4 Å². The van der Waals surface area contributed by atoms with E-state index in [1.54, 1.807) is 0 Å². The molecular weight excluding hydrogens is 1550 g/mol. The fourth-order valence-electron chi connectivity index (χ4n) is 11.8. The van der Waals surface area contributed by atoms with Gasteiger partial charge in [-0.05, 0) is 73.8 Å². The monoisotopic (exact) mass is 1610 g/mol. The minimum Gasteiger partial charge on any atom is -0.398 e. The molecule has 103 heavy (non-hydrogen) atoms. The van der Waals surface area contributed by atoms with E-state index in [1.165, 1.54) is 12.1 Å². The van der Waals surface area contributed by atoms with Crippen molar-refractivity contribution in [3.63, 3.8) is 0 Å². The molecule has 1 nitrogen and oxygen atoms in total. The minimum absolute atomic E-state index is 0. The predicted molar refractivity (Wildman–Crippen MR) is 341 cm³/mol. The van der Waals surface area contributed by atoms with Crippen molar-refractivity contribution in [2.24, 2.45) is 29.6 Å². The van der Waals surface area contributed by atoms with Crippen molar-refractivity contribution in [2.75, 3.05) is 20.0 Å². The number of hydrogen-bond acceptors (Lipinski definition) is 0. The molecule has 0 bridgehead atoms. The fraction of sp³-hybridized carbons (Fsp3) is 0.310. The van der Waals surface area contributed by atoms with Gasteiger partial charge < -0.3 is 4.51 Å². The van der Waals surface area contributed by atoms with Gasteiger partial charge in [0.05, 0.1) is 44.5 Å². The fourth-order valence-corrected chi connectivity index (χ4v) is 15.2. The molecule has 0 unspecified atom stereocenters. The van der Waals surface area contributed by atoms with Gasteiger partial charge in [-0.3, -0.25) is 6.57 Å². The molecule has 0 radical (unpaired) electrons. The normalized spacial score (nSPS) is 17.0. The maximum Gasteiger partial charge on any atom is 3.00 e. The van der Waals surface area contributed by atoms with E-state index in [2.05, 4.69) is 102 Å². The Morgan fingerprint density at radius 1 is 0.301 bits per heavy atom. The molecule has 0 aliphatic heterocycles. The predicted octanol–water partition coefficient (Wildman–Crippen LogP) is 20.8. The molecule has 0 aromatic heterocycles. The largest absolute Gasteiger partial charge is 3.00 e. The molecule has 1 aliphatic rings. The van der Waals surface area contributed by atoms with Gasteiger partial charge in [-0.25, -0.2) is 0 Å². The third-order valence-corrected chi connectivity index (χ3v) is 21.2. The molecule has 1 aliphatic carbocycles. The molecule has 32 heteroatoms. The van der Waals surface area contributed by atoms with Crippen LogP contribution >= 0.6 is 7.92 Å². The molecule has 1 fully saturated rings. The zero-order valence-electron chi connectivity index (χ0n) is 54.8. The summed E-state index contributed by atoms with van der Waals surface area (Å²) in [6, 6.07) is 28.8. The van der Waals surface area contributed by atoms with Crippen LogP contribution in [0.4, 0.5) is 119 Å². The Balaban J connectivity index is 0.000000388. The van der Waals surface area contributed by atoms with Gasteiger partial charge in [0.15, 0.2) is 0 Å². The Kier molecular flexibility index (Phi) is 28.6. The van der Waals surface area contributed by atoms with Gasteiger partial charge in [-0.2, -0.15) is 171 Å². The molecule has 0 amide bonds. The zero-order valence-corrected chi connectivity index (χ0v) is 58.3. The Morgan fingerprint density at radius 3 is 0.602 bits per heavy atom. The number of benzene rings is 8. The van der Waals surface area contributed by atoms with Crippen LogP contribution in [0.2, 0.25) is 0 Å². The molecule has 0 spiro atoms. The van der Waals surface area contributed by atoms with Crippen molar-refractivity contribution in [3.05, 3.63) is 255 Å². The first-order valence-electron chi connectivity index (χ1n) is 30.1. The summed E-state index contributed by atoms with van der Waals surface area (Å²) in [5.74, 6) is 4.68. The third-order valence-electron chi connectivity index (χ3n) is 17.4. The van der Waals surface area contributed by atoms with Gasteiger partial charge in [0.25, 0.3) is 0 Å². The van der Waals surface area contributed by atoms with Crippen molar-refractivity contribution in [2.45, 2.75) is 90.2 Å². The summed E-state index contributed by atoms with van der Waals surface area (Å²) in [7, 11) is -2.23. The van der Waals surface area contributed by atoms with Crippen LogP contribution in [0, 0.1) is 42.2 Å². The third kappa shape index (κ3) is 22.1. The summed E-state index contributed by atoms with van der Waals surface area (Å²) in [5.41, 5.74) is -30.8. The number of nitrogens with zero attached hydrogens (tertiary/aromatic N) is 1. The Hall–Kier alpha value is -7.30. The van der Waals surface area contributed by atoms with Crippen LogP contribution in [0.1, 0.15) is 84.7 Å². The molecule has 558 valence electrons. The second-order valence-corrected chi connectivity index (χ2v) is 30.6. The average molecular weight is 1610 g/mol. The second kappa shape index (κ2) is 33.4. The number of hydrogen-bond donors (Lipinski definition) is 0. The first kappa shape index (κ1) is 88.1. The van der Waals surface area contributed by atoms with Crippen LogP contribution in [0.15, 0.2) is 188 Å². The van der Waals surface area contributed by atoms with E-state index in [0.717, 1.165) is 57.3 Å². The van der Waals surface area contributed by atoms with Gasteiger partial charge >= 0.3 is 83.3 Å². The van der Waals surface area contributed by atoms with Crippen LogP contribution in [0.3, 0.4) is 0 Å². The summed E-state index contributed by atoms with van der Waals surface area (Å²) < 4.78 is 380. The molecule has 0 atom stereocenters. The molecule has 0 saturated heterocycles. The first-order valence-corrected chi connectivity index (χ1v) is 34.7. The van der Waals surface area contributed by atoms with Crippen molar-refractivity contribution in [3.8, 4) is 0 Å². The standard InChI is InChI=1S/C32H12BF24.C19H15NSi.C10H20.C7H4F3.C3H9P.Rh/c34-25(35,36)13-1-14(26(37,38)39)6-21(5-13)33(22-7-15(27(40,41)42)2-16(8-22)28(43,44)45,23-9-17(29(46,47)48)3-18(10-23)30(49,50)51)24-11-19(31(52,53)54)4-20(12-24)32(55,56)57;1-20-21(17-11-5-2-6-12-17,18-13-7-3-8-14-18)19-15-9-4-10-16-19;1-6-7(2)9(4)10(5)8(6)3;8-7(9,10)6-4-2-1-3-5-6;1-4(2)3;/h1-12H;2-16H;6-10H,1-5H3;2-5H;1-3H3;/q-1;;;-1;;+3. The Labute approximate surface area is 590 Å². The molecule has 0 heterocycles. The SMILES string of the molecule is CC1C(C)C(C)C(C)C1C.CP(C)C.FC(F)(F)c1cc([B-](c2cc(C(F)(F)F)cc(C(F)(F)F)c2)(c2cc(C(F)(F)F)cc(C(F)(F)F)c2)c2cc(C(F)(F)F)cc(C(F)(F)F)c2)cc(C(F)(F)F)c1.FC(F)(F)c1cc[c-]cc1.[C-]#[N+][Si](c1ccccc1)(c1ccccc1)c1ccccc1.[Rh+3]. The van der Waals surface area contributed by atoms with Gasteiger partial charge in [0, 0.05) is 15.6 Å². The number of halogens is 27. The van der Waals surface area contributed by atoms with Gasteiger partial charge in [0.1, 0.15) is 6.15 Å². The van der Waals surface area contributed by atoms with Crippen LogP contribution < -0.4 is 37.4 Å². The summed E-state index contributed by atoms with van der Waals surface area (Å²) in [4.78, 5) is 0. The smallest absolute Gasteiger partial charge is 0.398 e. The van der Waals surface area contributed by atoms with Gasteiger partial charge in [0.2, 0.25) is 0 Å². The van der Waals surface area contributed by atoms with Crippen molar-refractivity contribution < 1.29 is 138 Å². The second-order valence-electron chi connectivity index (χ2n) is 24.6. The summed E-state index contributed by atoms with van der Waals surface area (Å²) in [5, 5.41) is 3.41. The molecule has 9 rings (SSSR count). The maximum absolute atomic E-state index is 14.2.